The van der Waals surface area contributed by atoms with Gasteiger partial charge in [0, 0.05) is 131 Å². The summed E-state index contributed by atoms with van der Waals surface area (Å²) in [5.41, 5.74) is -0.372. The monoisotopic (exact) mass is 741 g/mol. The summed E-state index contributed by atoms with van der Waals surface area (Å²) >= 11 is 0. The molecule has 0 amide bonds. The molecular formula is C36H60B2F6N8-2. The highest BCUT2D eigenvalue weighted by Crippen LogP contribution is 2.16. The lowest BCUT2D eigenvalue weighted by Gasteiger charge is -2.35. The third-order valence-electron chi connectivity index (χ3n) is 10.7. The SMILES string of the molecule is CN1CCN(C)CCN2CCN(C)CCN(Cc3ccccc3[B-](F)(F)F)CCN(CC1)CCN(C)CCN(Cc1ccccc1[B-](F)(F)F)CC2. The maximum atomic E-state index is 14.0. The highest BCUT2D eigenvalue weighted by Gasteiger charge is 2.30. The summed E-state index contributed by atoms with van der Waals surface area (Å²) < 4.78 is 84.3. The summed E-state index contributed by atoms with van der Waals surface area (Å²) in [4.78, 5) is 18.4. The number of fused-ring (bicyclic) bond motifs is 21. The summed E-state index contributed by atoms with van der Waals surface area (Å²) in [6.45, 7) is 4.04. The van der Waals surface area contributed by atoms with Crippen molar-refractivity contribution >= 4 is 24.9 Å². The van der Waals surface area contributed by atoms with Crippen molar-refractivity contribution in [1.29, 1.82) is 0 Å². The van der Waals surface area contributed by atoms with Gasteiger partial charge in [-0.25, -0.2) is 0 Å². The fourth-order valence-corrected chi connectivity index (χ4v) is 6.91. The number of rotatable bonds is 6. The molecule has 3 fully saturated rings. The van der Waals surface area contributed by atoms with Crippen LogP contribution in [0.4, 0.5) is 25.9 Å². The van der Waals surface area contributed by atoms with Crippen LogP contribution in [0.3, 0.4) is 0 Å². The number of likely N-dealkylation sites (N-methyl/N-ethyl adjacent to an activating group) is 4. The summed E-state index contributed by atoms with van der Waals surface area (Å²) in [6.07, 6.45) is 0. The minimum absolute atomic E-state index is 0.242. The molecule has 0 radical (unpaired) electrons. The van der Waals surface area contributed by atoms with E-state index in [1.165, 1.54) is 24.3 Å². The van der Waals surface area contributed by atoms with E-state index < -0.39 is 24.9 Å². The fourth-order valence-electron chi connectivity index (χ4n) is 6.91. The zero-order valence-electron chi connectivity index (χ0n) is 31.8. The van der Waals surface area contributed by atoms with E-state index in [-0.39, 0.29) is 13.1 Å². The van der Waals surface area contributed by atoms with Crippen LogP contribution in [-0.4, -0.2) is 199 Å². The Kier molecular flexibility index (Phi) is 16.8. The predicted molar refractivity (Wildman–Crippen MR) is 204 cm³/mol. The molecule has 2 bridgehead atoms. The van der Waals surface area contributed by atoms with E-state index in [1.54, 1.807) is 24.3 Å². The summed E-state index contributed by atoms with van der Waals surface area (Å²) in [5.74, 6) is 0. The second-order valence-corrected chi connectivity index (χ2v) is 15.0. The largest absolute Gasteiger partial charge is 0.509 e. The van der Waals surface area contributed by atoms with Crippen LogP contribution in [0, 0.1) is 0 Å². The van der Waals surface area contributed by atoms with Gasteiger partial charge in [-0.05, 0) is 28.2 Å². The standard InChI is InChI=1S/C36H60B2F6N8/c1-45-13-14-46(2)16-22-50-24-18-48(4)20-25-51(31-33-9-5-7-11-35(33)37(39,40)41)29-27-49(21-15-45)23-17-47(3)19-26-52(30-28-50)32-34-10-6-8-12-36(34)38(42,43)44/h5-12H,13-32H2,1-4H3/q-2. The lowest BCUT2D eigenvalue weighted by Crippen LogP contribution is -2.48. The zero-order valence-corrected chi connectivity index (χ0v) is 31.8. The lowest BCUT2D eigenvalue weighted by molar-refractivity contribution is 0.127. The molecule has 2 aromatic carbocycles. The number of halogens is 6. The minimum Gasteiger partial charge on any atom is -0.445 e. The molecule has 294 valence electrons. The number of hydrogen-bond donors (Lipinski definition) is 0. The highest BCUT2D eigenvalue weighted by molar-refractivity contribution is 6.74. The van der Waals surface area contributed by atoms with Crippen molar-refractivity contribution < 1.29 is 25.9 Å². The van der Waals surface area contributed by atoms with Gasteiger partial charge in [0.15, 0.2) is 0 Å². The van der Waals surface area contributed by atoms with Gasteiger partial charge in [0.2, 0.25) is 0 Å². The second kappa shape index (κ2) is 20.5. The van der Waals surface area contributed by atoms with Crippen LogP contribution in [0.1, 0.15) is 11.1 Å². The van der Waals surface area contributed by atoms with Crippen molar-refractivity contribution in [2.45, 2.75) is 13.1 Å². The van der Waals surface area contributed by atoms with E-state index in [9.17, 15) is 25.9 Å². The van der Waals surface area contributed by atoms with Crippen molar-refractivity contribution in [1.82, 2.24) is 39.2 Å². The fraction of sp³-hybridized carbons (Fsp3) is 0.667. The van der Waals surface area contributed by atoms with Gasteiger partial charge in [-0.1, -0.05) is 59.7 Å². The van der Waals surface area contributed by atoms with Gasteiger partial charge in [0.1, 0.15) is 0 Å². The molecule has 3 heterocycles. The van der Waals surface area contributed by atoms with Crippen LogP contribution in [0.25, 0.3) is 0 Å². The van der Waals surface area contributed by atoms with Crippen LogP contribution in [-0.2, 0) is 13.1 Å². The zero-order chi connectivity index (χ0) is 37.7. The van der Waals surface area contributed by atoms with Crippen molar-refractivity contribution in [3.63, 3.8) is 0 Å². The third-order valence-corrected chi connectivity index (χ3v) is 10.7. The van der Waals surface area contributed by atoms with E-state index in [0.29, 0.717) is 50.4 Å². The predicted octanol–water partition coefficient (Wildman–Crippen LogP) is 2.46. The molecule has 5 rings (SSSR count). The minimum atomic E-state index is -5.12. The molecule has 3 saturated heterocycles. The molecule has 3 aliphatic rings. The maximum absolute atomic E-state index is 14.0. The summed E-state index contributed by atoms with van der Waals surface area (Å²) in [5, 5.41) is 0. The van der Waals surface area contributed by atoms with Crippen molar-refractivity contribution in [3.8, 4) is 0 Å². The topological polar surface area (TPSA) is 25.9 Å². The molecule has 0 aromatic heterocycles. The molecule has 2 unspecified atom stereocenters. The molecule has 52 heavy (non-hydrogen) atoms. The molecule has 16 heteroatoms. The smallest absolute Gasteiger partial charge is 0.445 e. The molecule has 8 nitrogen and oxygen atoms in total. The van der Waals surface area contributed by atoms with Crippen LogP contribution in [0.15, 0.2) is 48.5 Å². The lowest BCUT2D eigenvalue weighted by atomic mass is 9.77. The molecule has 3 aliphatic heterocycles. The van der Waals surface area contributed by atoms with Gasteiger partial charge in [0.05, 0.1) is 0 Å². The van der Waals surface area contributed by atoms with Gasteiger partial charge < -0.3 is 45.5 Å². The average molecular weight is 741 g/mol. The Bertz CT molecular complexity index is 1240. The number of nitrogens with zero attached hydrogens (tertiary/aromatic N) is 8. The van der Waals surface area contributed by atoms with Crippen LogP contribution in [0.5, 0.6) is 0 Å². The third kappa shape index (κ3) is 14.6. The first-order chi connectivity index (χ1) is 24.7. The van der Waals surface area contributed by atoms with E-state index in [4.69, 9.17) is 0 Å². The molecule has 2 atom stereocenters. The molecule has 2 aromatic rings. The highest BCUT2D eigenvalue weighted by atomic mass is 19.4. The van der Waals surface area contributed by atoms with Crippen LogP contribution < -0.4 is 10.9 Å². The quantitative estimate of drug-likeness (QED) is 0.330. The summed E-state index contributed by atoms with van der Waals surface area (Å²) in [7, 11) is 8.41. The molecule has 0 N–H and O–H groups in total. The molecule has 0 aliphatic carbocycles. The first-order valence-corrected chi connectivity index (χ1v) is 18.9. The molecule has 0 spiro atoms. The van der Waals surface area contributed by atoms with Crippen LogP contribution in [0.2, 0.25) is 0 Å². The first-order valence-electron chi connectivity index (χ1n) is 18.9. The van der Waals surface area contributed by atoms with E-state index in [0.717, 1.165) is 78.5 Å². The van der Waals surface area contributed by atoms with Gasteiger partial charge in [-0.15, -0.1) is 10.9 Å². The average Bonchev–Trinajstić information content (AvgIpc) is 3.09. The number of benzene rings is 2. The number of hydrogen-bond acceptors (Lipinski definition) is 8. The van der Waals surface area contributed by atoms with Crippen molar-refractivity contribution in [2.75, 3.05) is 146 Å². The van der Waals surface area contributed by atoms with Gasteiger partial charge in [-0.3, -0.25) is 19.6 Å². The Hall–Kier alpha value is -2.17. The molecule has 0 saturated carbocycles. The van der Waals surface area contributed by atoms with Gasteiger partial charge >= 0.3 is 14.0 Å². The Morgan fingerprint density at radius 2 is 0.635 bits per heavy atom. The van der Waals surface area contributed by atoms with E-state index in [2.05, 4.69) is 67.4 Å². The van der Waals surface area contributed by atoms with E-state index >= 15 is 0 Å². The molecular weight excluding hydrogens is 680 g/mol. The van der Waals surface area contributed by atoms with Crippen molar-refractivity contribution in [2.24, 2.45) is 0 Å². The van der Waals surface area contributed by atoms with Gasteiger partial charge in [0.25, 0.3) is 0 Å². The Morgan fingerprint density at radius 1 is 0.385 bits per heavy atom. The second-order valence-electron chi connectivity index (χ2n) is 15.0. The van der Waals surface area contributed by atoms with Crippen molar-refractivity contribution in [3.05, 3.63) is 59.7 Å². The summed E-state index contributed by atoms with van der Waals surface area (Å²) in [6, 6.07) is 12.0. The maximum Gasteiger partial charge on any atom is 0.509 e. The Balaban J connectivity index is 1.59. The van der Waals surface area contributed by atoms with E-state index in [1.807, 2.05) is 0 Å². The Labute approximate surface area is 308 Å². The first kappa shape index (κ1) is 42.6. The van der Waals surface area contributed by atoms with Gasteiger partial charge in [-0.2, -0.15) is 0 Å². The Morgan fingerprint density at radius 3 is 0.962 bits per heavy atom. The van der Waals surface area contributed by atoms with Crippen LogP contribution >= 0.6 is 0 Å². The normalized spacial score (nSPS) is 24.2.